The van der Waals surface area contributed by atoms with Crippen molar-refractivity contribution >= 4 is 29.2 Å². The Morgan fingerprint density at radius 2 is 1.89 bits per heavy atom. The summed E-state index contributed by atoms with van der Waals surface area (Å²) in [5, 5.41) is 24.5. The van der Waals surface area contributed by atoms with Crippen LogP contribution in [0.3, 0.4) is 0 Å². The fourth-order valence-electron chi connectivity index (χ4n) is 5.53. The lowest BCUT2D eigenvalue weighted by molar-refractivity contribution is -0.154. The van der Waals surface area contributed by atoms with Crippen molar-refractivity contribution in [3.8, 4) is 0 Å². The van der Waals surface area contributed by atoms with Gasteiger partial charge in [-0.2, -0.15) is 0 Å². The molecule has 1 aromatic rings. The van der Waals surface area contributed by atoms with Gasteiger partial charge in [0.15, 0.2) is 0 Å². The van der Waals surface area contributed by atoms with Crippen LogP contribution in [0.25, 0.3) is 6.08 Å². The molecule has 9 atom stereocenters. The number of carbonyl (C=O) groups is 2. The van der Waals surface area contributed by atoms with E-state index in [0.29, 0.717) is 0 Å². The fraction of sp³-hybridized carbons (Fsp3) is 0.750. The number of rotatable bonds is 3. The summed E-state index contributed by atoms with van der Waals surface area (Å²) in [6, 6.07) is -0.253. The van der Waals surface area contributed by atoms with Crippen molar-refractivity contribution in [3.05, 3.63) is 21.7 Å². The number of thiazole rings is 1. The van der Waals surface area contributed by atoms with Gasteiger partial charge in [0.25, 0.3) is 0 Å². The summed E-state index contributed by atoms with van der Waals surface area (Å²) in [4.78, 5) is 32.7. The molecule has 8 nitrogen and oxygen atoms in total. The largest absolute Gasteiger partial charge is 0.456 e. The average Bonchev–Trinajstić information content (AvgIpc) is 3.29. The maximum absolute atomic E-state index is 13.1. The molecule has 1 aromatic heterocycles. The molecule has 2 aliphatic rings. The maximum Gasteiger partial charge on any atom is 0.309 e. The average molecular weight is 537 g/mol. The van der Waals surface area contributed by atoms with Gasteiger partial charge in [0.05, 0.1) is 41.0 Å². The van der Waals surface area contributed by atoms with E-state index in [2.05, 4.69) is 11.9 Å². The molecule has 0 amide bonds. The van der Waals surface area contributed by atoms with E-state index in [1.54, 1.807) is 25.2 Å². The zero-order chi connectivity index (χ0) is 27.7. The second-order valence-corrected chi connectivity index (χ2v) is 12.6. The molecule has 3 rings (SSSR count). The normalized spacial score (nSPS) is 38.8. The first kappa shape index (κ1) is 29.9. The number of likely N-dealkylation sites (N-methyl/N-ethyl adjacent to an activating group) is 1. The number of cyclic esters (lactones) is 1. The topological polar surface area (TPSA) is 112 Å². The van der Waals surface area contributed by atoms with Crippen LogP contribution in [0.2, 0.25) is 0 Å². The minimum atomic E-state index is -1.20. The molecule has 0 spiro atoms. The number of epoxide rings is 1. The minimum Gasteiger partial charge on any atom is -0.456 e. The highest BCUT2D eigenvalue weighted by Crippen LogP contribution is 2.46. The van der Waals surface area contributed by atoms with E-state index in [-0.39, 0.29) is 35.9 Å². The molecule has 0 bridgehead atoms. The van der Waals surface area contributed by atoms with Crippen molar-refractivity contribution in [2.24, 2.45) is 17.8 Å². The van der Waals surface area contributed by atoms with Crippen LogP contribution < -0.4 is 0 Å². The second-order valence-electron chi connectivity index (χ2n) is 11.5. The number of nitrogens with zero attached hydrogens (tertiary/aromatic N) is 2. The van der Waals surface area contributed by atoms with E-state index in [1.807, 2.05) is 51.2 Å². The number of hydrogen-bond donors (Lipinski definition) is 2. The highest BCUT2D eigenvalue weighted by atomic mass is 32.1. The van der Waals surface area contributed by atoms with Crippen molar-refractivity contribution in [1.82, 2.24) is 9.88 Å². The Bertz CT molecular complexity index is 993. The third-order valence-electron chi connectivity index (χ3n) is 8.16. The van der Waals surface area contributed by atoms with Gasteiger partial charge in [-0.15, -0.1) is 11.3 Å². The predicted molar refractivity (Wildman–Crippen MR) is 144 cm³/mol. The third-order valence-corrected chi connectivity index (χ3v) is 8.95. The first-order valence-corrected chi connectivity index (χ1v) is 14.2. The molecule has 2 unspecified atom stereocenters. The summed E-state index contributed by atoms with van der Waals surface area (Å²) in [7, 11) is 3.89. The van der Waals surface area contributed by atoms with E-state index in [0.717, 1.165) is 35.5 Å². The predicted octanol–water partition coefficient (Wildman–Crippen LogP) is 3.63. The monoisotopic (exact) mass is 536 g/mol. The molecule has 2 aliphatic heterocycles. The first-order valence-electron chi connectivity index (χ1n) is 13.3. The summed E-state index contributed by atoms with van der Waals surface area (Å²) in [6.45, 7) is 11.2. The lowest BCUT2D eigenvalue weighted by atomic mass is 9.81. The van der Waals surface area contributed by atoms with E-state index in [4.69, 9.17) is 9.47 Å². The van der Waals surface area contributed by atoms with Gasteiger partial charge in [-0.1, -0.05) is 27.2 Å². The van der Waals surface area contributed by atoms with Gasteiger partial charge >= 0.3 is 5.97 Å². The van der Waals surface area contributed by atoms with Crippen LogP contribution in [0.1, 0.15) is 71.0 Å². The summed E-state index contributed by atoms with van der Waals surface area (Å²) in [5.41, 5.74) is 1.26. The highest BCUT2D eigenvalue weighted by Gasteiger charge is 2.59. The number of aliphatic hydroxyl groups excluding tert-OH is 2. The molecule has 2 N–H and O–H groups in total. The van der Waals surface area contributed by atoms with Crippen molar-refractivity contribution in [1.29, 1.82) is 0 Å². The fourth-order valence-corrected chi connectivity index (χ4v) is 6.10. The smallest absolute Gasteiger partial charge is 0.309 e. The minimum absolute atomic E-state index is 0.0777. The molecular weight excluding hydrogens is 492 g/mol. The summed E-state index contributed by atoms with van der Waals surface area (Å²) in [5.74, 6) is -2.35. The van der Waals surface area contributed by atoms with Gasteiger partial charge in [-0.25, -0.2) is 4.98 Å². The molecule has 208 valence electrons. The third kappa shape index (κ3) is 7.06. The molecule has 2 fully saturated rings. The molecule has 0 radical (unpaired) electrons. The van der Waals surface area contributed by atoms with E-state index < -0.39 is 36.1 Å². The summed E-state index contributed by atoms with van der Waals surface area (Å²) in [6.07, 6.45) is 1.22. The van der Waals surface area contributed by atoms with Gasteiger partial charge in [0.1, 0.15) is 18.0 Å². The SMILES string of the molecule is C/C(=C\c1csc(C)n1)[C@H]1OC(=O)C[C@H](O)C(C)C(=O)[C@H](C)[C@@H](O)[C@@H](C)CCC[C@@]2(C)O[C@H]2C1N(C)C. The quantitative estimate of drug-likeness (QED) is 0.445. The van der Waals surface area contributed by atoms with E-state index in [1.165, 1.54) is 0 Å². The van der Waals surface area contributed by atoms with Crippen molar-refractivity contribution in [2.45, 2.75) is 103 Å². The number of fused-ring (bicyclic) bond motifs is 1. The number of carbonyl (C=O) groups excluding carboxylic acids is 2. The van der Waals surface area contributed by atoms with Gasteiger partial charge < -0.3 is 24.6 Å². The Balaban J connectivity index is 1.95. The Kier molecular flexibility index (Phi) is 9.72. The van der Waals surface area contributed by atoms with Crippen LogP contribution >= 0.6 is 11.3 Å². The van der Waals surface area contributed by atoms with Crippen LogP contribution in [0.4, 0.5) is 0 Å². The van der Waals surface area contributed by atoms with Crippen LogP contribution in [-0.2, 0) is 19.1 Å². The van der Waals surface area contributed by atoms with Crippen molar-refractivity contribution in [3.63, 3.8) is 0 Å². The number of aryl methyl sites for hydroxylation is 1. The lowest BCUT2D eigenvalue weighted by Crippen LogP contribution is -2.48. The second kappa shape index (κ2) is 12.0. The molecule has 3 heterocycles. The number of aromatic nitrogens is 1. The van der Waals surface area contributed by atoms with Crippen LogP contribution in [-0.4, -0.2) is 82.0 Å². The highest BCUT2D eigenvalue weighted by molar-refractivity contribution is 7.09. The Labute approximate surface area is 225 Å². The Hall–Kier alpha value is -1.65. The molecule has 0 aliphatic carbocycles. The molecule has 9 heteroatoms. The molecule has 0 saturated carbocycles. The zero-order valence-corrected chi connectivity index (χ0v) is 24.2. The lowest BCUT2D eigenvalue weighted by Gasteiger charge is -2.33. The number of Topliss-reactive ketones (excluding diaryl/α,β-unsaturated/α-hetero) is 1. The molecule has 37 heavy (non-hydrogen) atoms. The number of aliphatic hydroxyl groups is 2. The van der Waals surface area contributed by atoms with Gasteiger partial charge in [-0.05, 0) is 65.3 Å². The Morgan fingerprint density at radius 3 is 2.49 bits per heavy atom. The summed E-state index contributed by atoms with van der Waals surface area (Å²) >= 11 is 1.56. The van der Waals surface area contributed by atoms with E-state index in [9.17, 15) is 19.8 Å². The van der Waals surface area contributed by atoms with Gasteiger partial charge in [0, 0.05) is 17.2 Å². The van der Waals surface area contributed by atoms with Crippen molar-refractivity contribution in [2.75, 3.05) is 14.1 Å². The Morgan fingerprint density at radius 1 is 1.22 bits per heavy atom. The number of ether oxygens (including phenoxy) is 2. The van der Waals surface area contributed by atoms with Crippen LogP contribution in [0.5, 0.6) is 0 Å². The summed E-state index contributed by atoms with van der Waals surface area (Å²) < 4.78 is 12.3. The van der Waals surface area contributed by atoms with Gasteiger partial charge in [0.2, 0.25) is 0 Å². The molecule has 2 saturated heterocycles. The maximum atomic E-state index is 13.1. The number of esters is 1. The zero-order valence-electron chi connectivity index (χ0n) is 23.4. The first-order chi connectivity index (χ1) is 17.2. The number of ketones is 1. The standard InChI is InChI=1S/C28H44N2O6S/c1-15-10-9-11-28(6)27(36-28)23(30(7)8)26(16(2)12-20-14-37-19(5)29-20)35-22(32)13-21(31)17(3)25(34)18(4)24(15)33/h12,14-15,17-18,21,23-24,26-27,31,33H,9-11,13H2,1-8H3/b16-12+/t15-,17?,18+,21-,23?,24-,26+,27-,28+/m0/s1. The molecular formula is C28H44N2O6S. The van der Waals surface area contributed by atoms with Gasteiger partial charge in [-0.3, -0.25) is 9.59 Å². The van der Waals surface area contributed by atoms with Crippen LogP contribution in [0.15, 0.2) is 11.0 Å². The van der Waals surface area contributed by atoms with Crippen molar-refractivity contribution < 1.29 is 29.3 Å². The van der Waals surface area contributed by atoms with E-state index >= 15 is 0 Å². The van der Waals surface area contributed by atoms with Crippen LogP contribution in [0, 0.1) is 24.7 Å². The number of hydrogen-bond acceptors (Lipinski definition) is 9. The molecule has 0 aromatic carbocycles.